The second kappa shape index (κ2) is 6.66. The van der Waals surface area contributed by atoms with Gasteiger partial charge in [0, 0.05) is 14.2 Å². The van der Waals surface area contributed by atoms with Gasteiger partial charge in [0.1, 0.15) is 24.1 Å². The van der Waals surface area contributed by atoms with Crippen LogP contribution in [0.3, 0.4) is 0 Å². The highest BCUT2D eigenvalue weighted by Gasteiger charge is 2.44. The third kappa shape index (κ3) is 2.67. The summed E-state index contributed by atoms with van der Waals surface area (Å²) >= 11 is 0. The van der Waals surface area contributed by atoms with Crippen LogP contribution in [0.5, 0.6) is 0 Å². The van der Waals surface area contributed by atoms with Crippen molar-refractivity contribution in [3.05, 3.63) is 12.2 Å². The Bertz CT molecular complexity index is 772. The number of rotatable bonds is 5. The van der Waals surface area contributed by atoms with Crippen molar-refractivity contribution in [3.8, 4) is 6.07 Å². The molecule has 1 aliphatic rings. The molecule has 1 fully saturated rings. The lowest BCUT2D eigenvalue weighted by molar-refractivity contribution is -0.0580. The third-order valence-electron chi connectivity index (χ3n) is 3.88. The zero-order valence-corrected chi connectivity index (χ0v) is 13.2. The average molecular weight is 334 g/mol. The number of hydrogen-bond acceptors (Lipinski definition) is 9. The van der Waals surface area contributed by atoms with Crippen molar-refractivity contribution in [3.63, 3.8) is 0 Å². The Morgan fingerprint density at radius 1 is 1.42 bits per heavy atom. The smallest absolute Gasteiger partial charge is 0.168 e. The van der Waals surface area contributed by atoms with E-state index in [0.717, 1.165) is 0 Å². The van der Waals surface area contributed by atoms with Gasteiger partial charge in [-0.3, -0.25) is 4.57 Å². The summed E-state index contributed by atoms with van der Waals surface area (Å²) in [6, 6.07) is 2.00. The lowest BCUT2D eigenvalue weighted by Crippen LogP contribution is -2.33. The first-order chi connectivity index (χ1) is 11.6. The molecular weight excluding hydrogens is 316 g/mol. The van der Waals surface area contributed by atoms with Crippen LogP contribution in [0.2, 0.25) is 0 Å². The van der Waals surface area contributed by atoms with Gasteiger partial charge in [0.25, 0.3) is 0 Å². The average Bonchev–Trinajstić information content (AvgIpc) is 3.11. The highest BCUT2D eigenvalue weighted by atomic mass is 16.6. The van der Waals surface area contributed by atoms with E-state index in [9.17, 15) is 10.2 Å². The minimum atomic E-state index is -1.16. The van der Waals surface area contributed by atoms with Gasteiger partial charge in [0.15, 0.2) is 23.2 Å². The van der Waals surface area contributed by atoms with Crippen LogP contribution in [0, 0.1) is 11.3 Å². The van der Waals surface area contributed by atoms with Crippen molar-refractivity contribution >= 4 is 17.0 Å². The molecule has 0 bridgehead atoms. The van der Waals surface area contributed by atoms with Gasteiger partial charge in [-0.2, -0.15) is 5.26 Å². The van der Waals surface area contributed by atoms with Gasteiger partial charge in [-0.05, 0) is 0 Å². The summed E-state index contributed by atoms with van der Waals surface area (Å²) in [5, 5.41) is 32.2. The monoisotopic (exact) mass is 334 g/mol. The van der Waals surface area contributed by atoms with Crippen LogP contribution in [0.15, 0.2) is 6.33 Å². The number of anilines is 1. The maximum Gasteiger partial charge on any atom is 0.168 e. The van der Waals surface area contributed by atoms with Crippen molar-refractivity contribution in [2.24, 2.45) is 0 Å². The number of nitrogens with one attached hydrogen (secondary N) is 1. The number of nitriles is 1. The van der Waals surface area contributed by atoms with E-state index < -0.39 is 24.5 Å². The fraction of sp³-hybridized carbons (Fsp3) is 0.571. The zero-order valence-electron chi connectivity index (χ0n) is 13.2. The second-order valence-electron chi connectivity index (χ2n) is 5.40. The summed E-state index contributed by atoms with van der Waals surface area (Å²) in [4.78, 5) is 12.8. The van der Waals surface area contributed by atoms with Crippen molar-refractivity contribution in [2.75, 3.05) is 26.1 Å². The molecule has 10 heteroatoms. The van der Waals surface area contributed by atoms with E-state index in [1.165, 1.54) is 18.0 Å². The fourth-order valence-corrected chi connectivity index (χ4v) is 2.73. The summed E-state index contributed by atoms with van der Waals surface area (Å²) in [6.07, 6.45) is -2.26. The van der Waals surface area contributed by atoms with E-state index in [1.54, 1.807) is 7.05 Å². The Hall–Kier alpha value is -2.32. The highest BCUT2D eigenvalue weighted by molar-refractivity contribution is 5.83. The normalized spacial score (nSPS) is 26.6. The summed E-state index contributed by atoms with van der Waals surface area (Å²) in [6.45, 7) is 0.151. The van der Waals surface area contributed by atoms with Gasteiger partial charge < -0.3 is 25.0 Å². The number of imidazole rings is 1. The number of aliphatic hydroxyl groups excluding tert-OH is 2. The number of hydrogen-bond donors (Lipinski definition) is 3. The molecule has 1 saturated heterocycles. The Morgan fingerprint density at radius 3 is 2.88 bits per heavy atom. The molecule has 0 radical (unpaired) electrons. The van der Waals surface area contributed by atoms with Crippen molar-refractivity contribution in [2.45, 2.75) is 31.0 Å². The quantitative estimate of drug-likeness (QED) is 0.641. The van der Waals surface area contributed by atoms with Gasteiger partial charge in [-0.15, -0.1) is 0 Å². The van der Waals surface area contributed by atoms with E-state index in [2.05, 4.69) is 20.3 Å². The molecule has 4 atom stereocenters. The summed E-state index contributed by atoms with van der Waals surface area (Å²) in [7, 11) is 3.18. The van der Waals surface area contributed by atoms with Crippen molar-refractivity contribution < 1.29 is 19.7 Å². The maximum absolute atomic E-state index is 10.3. The molecule has 10 nitrogen and oxygen atoms in total. The topological polar surface area (TPSA) is 138 Å². The fourth-order valence-electron chi connectivity index (χ4n) is 2.73. The predicted octanol–water partition coefficient (Wildman–Crippen LogP) is -0.800. The number of aromatic nitrogens is 4. The summed E-state index contributed by atoms with van der Waals surface area (Å²) in [5.74, 6) is 0.808. The maximum atomic E-state index is 10.3. The predicted molar refractivity (Wildman–Crippen MR) is 82.0 cm³/mol. The molecule has 2 aromatic rings. The molecule has 0 aromatic carbocycles. The highest BCUT2D eigenvalue weighted by Crippen LogP contribution is 2.32. The molecule has 0 spiro atoms. The van der Waals surface area contributed by atoms with Crippen LogP contribution >= 0.6 is 0 Å². The number of ether oxygens (including phenoxy) is 2. The minimum absolute atomic E-state index is 0.0405. The van der Waals surface area contributed by atoms with Gasteiger partial charge in [0.2, 0.25) is 0 Å². The minimum Gasteiger partial charge on any atom is -0.387 e. The molecule has 24 heavy (non-hydrogen) atoms. The molecular formula is C14H18N6O4. The number of methoxy groups -OCH3 is 1. The van der Waals surface area contributed by atoms with E-state index in [4.69, 9.17) is 14.7 Å². The standard InChI is InChI=1S/C14H18N6O4/c1-16-12-9-13(19-8(18-12)3-4-15)20(6-17-9)14-11(22)10(21)7(24-14)5-23-2/h6-7,10-11,14,21-22H,3,5H2,1-2H3,(H,16,18,19). The molecule has 3 rings (SSSR count). The van der Waals surface area contributed by atoms with Crippen molar-refractivity contribution in [1.82, 2.24) is 19.5 Å². The Balaban J connectivity index is 2.04. The first kappa shape index (κ1) is 16.5. The van der Waals surface area contributed by atoms with Crippen LogP contribution < -0.4 is 5.32 Å². The van der Waals surface area contributed by atoms with Crippen LogP contribution in [0.25, 0.3) is 11.2 Å². The number of nitrogens with zero attached hydrogens (tertiary/aromatic N) is 5. The summed E-state index contributed by atoms with van der Waals surface area (Å²) < 4.78 is 12.2. The first-order valence-corrected chi connectivity index (χ1v) is 7.39. The van der Waals surface area contributed by atoms with Crippen molar-refractivity contribution in [1.29, 1.82) is 5.26 Å². The molecule has 1 aliphatic heterocycles. The molecule has 3 heterocycles. The molecule has 0 aliphatic carbocycles. The van der Waals surface area contributed by atoms with E-state index in [0.29, 0.717) is 22.8 Å². The largest absolute Gasteiger partial charge is 0.387 e. The molecule has 2 aromatic heterocycles. The van der Waals surface area contributed by atoms with Gasteiger partial charge in [-0.25, -0.2) is 15.0 Å². The van der Waals surface area contributed by atoms with Crippen LogP contribution in [0.1, 0.15) is 12.1 Å². The SMILES string of the molecule is CNc1nc(CC#N)nc2c1ncn2C1OC(COC)C(O)C1O. The first-order valence-electron chi connectivity index (χ1n) is 7.39. The lowest BCUT2D eigenvalue weighted by atomic mass is 10.1. The summed E-state index contributed by atoms with van der Waals surface area (Å²) in [5.41, 5.74) is 0.897. The third-order valence-corrected chi connectivity index (χ3v) is 3.88. The Morgan fingerprint density at radius 2 is 2.21 bits per heavy atom. The van der Waals surface area contributed by atoms with E-state index in [-0.39, 0.29) is 13.0 Å². The second-order valence-corrected chi connectivity index (χ2v) is 5.40. The number of aliphatic hydroxyl groups is 2. The molecule has 3 N–H and O–H groups in total. The Labute approximate surface area is 137 Å². The molecule has 128 valence electrons. The van der Waals surface area contributed by atoms with Crippen LogP contribution in [0.4, 0.5) is 5.82 Å². The lowest BCUT2D eigenvalue weighted by Gasteiger charge is -2.16. The van der Waals surface area contributed by atoms with E-state index in [1.807, 2.05) is 6.07 Å². The number of fused-ring (bicyclic) bond motifs is 1. The van der Waals surface area contributed by atoms with Gasteiger partial charge >= 0.3 is 0 Å². The van der Waals surface area contributed by atoms with Gasteiger partial charge in [-0.1, -0.05) is 0 Å². The Kier molecular flexibility index (Phi) is 4.59. The zero-order chi connectivity index (χ0) is 17.3. The van der Waals surface area contributed by atoms with Crippen LogP contribution in [-0.4, -0.2) is 68.8 Å². The van der Waals surface area contributed by atoms with Gasteiger partial charge in [0.05, 0.1) is 25.4 Å². The molecule has 0 amide bonds. The van der Waals surface area contributed by atoms with E-state index >= 15 is 0 Å². The molecule has 0 saturated carbocycles. The van der Waals surface area contributed by atoms with Crippen LogP contribution in [-0.2, 0) is 15.9 Å². The molecule has 4 unspecified atom stereocenters.